The van der Waals surface area contributed by atoms with Crippen molar-refractivity contribution >= 4 is 33.4 Å². The number of carbonyl (C=O) groups is 2. The Morgan fingerprint density at radius 1 is 1.13 bits per heavy atom. The van der Waals surface area contributed by atoms with E-state index in [0.717, 1.165) is 28.2 Å². The van der Waals surface area contributed by atoms with E-state index < -0.39 is 29.0 Å². The quantitative estimate of drug-likeness (QED) is 0.851. The van der Waals surface area contributed by atoms with E-state index in [1.54, 1.807) is 12.1 Å². The number of aryl methyl sites for hydroxylation is 1. The Labute approximate surface area is 140 Å². The van der Waals surface area contributed by atoms with Crippen LogP contribution in [0, 0.1) is 18.6 Å². The summed E-state index contributed by atoms with van der Waals surface area (Å²) in [6.07, 6.45) is 0. The maximum atomic E-state index is 13.4. The van der Waals surface area contributed by atoms with E-state index in [4.69, 9.17) is 0 Å². The van der Waals surface area contributed by atoms with Crippen molar-refractivity contribution in [3.63, 3.8) is 0 Å². The normalized spacial score (nSPS) is 10.3. The highest BCUT2D eigenvalue weighted by molar-refractivity contribution is 9.10. The summed E-state index contributed by atoms with van der Waals surface area (Å²) in [5.74, 6) is -2.91. The number of carbonyl (C=O) groups excluding carboxylic acids is 2. The molecule has 0 bridgehead atoms. The summed E-state index contributed by atoms with van der Waals surface area (Å²) in [5, 5.41) is 4.88. The van der Waals surface area contributed by atoms with Crippen LogP contribution in [0.5, 0.6) is 0 Å². The molecular weight excluding hydrogens is 370 g/mol. The third-order valence-electron chi connectivity index (χ3n) is 3.05. The number of anilines is 1. The molecular formula is C16H13BrF2N2O2. The molecule has 2 aromatic rings. The predicted molar refractivity (Wildman–Crippen MR) is 86.2 cm³/mol. The minimum atomic E-state index is -0.857. The van der Waals surface area contributed by atoms with Crippen molar-refractivity contribution in [1.29, 1.82) is 0 Å². The number of halogens is 3. The highest BCUT2D eigenvalue weighted by atomic mass is 79.9. The molecule has 7 heteroatoms. The van der Waals surface area contributed by atoms with E-state index in [1.807, 2.05) is 13.0 Å². The van der Waals surface area contributed by atoms with Crippen molar-refractivity contribution in [3.05, 3.63) is 63.6 Å². The lowest BCUT2D eigenvalue weighted by Gasteiger charge is -2.10. The van der Waals surface area contributed by atoms with Gasteiger partial charge in [-0.1, -0.05) is 15.9 Å². The Morgan fingerprint density at radius 2 is 1.87 bits per heavy atom. The zero-order valence-corrected chi connectivity index (χ0v) is 13.7. The molecule has 2 aromatic carbocycles. The maximum absolute atomic E-state index is 13.4. The molecule has 0 heterocycles. The molecule has 2 N–H and O–H groups in total. The largest absolute Gasteiger partial charge is 0.343 e. The first-order chi connectivity index (χ1) is 10.9. The molecule has 0 aliphatic rings. The molecule has 0 aliphatic heterocycles. The molecule has 2 amide bonds. The van der Waals surface area contributed by atoms with Gasteiger partial charge in [0.25, 0.3) is 5.91 Å². The number of hydrogen-bond donors (Lipinski definition) is 2. The zero-order valence-electron chi connectivity index (χ0n) is 12.1. The van der Waals surface area contributed by atoms with Crippen molar-refractivity contribution in [2.45, 2.75) is 6.92 Å². The van der Waals surface area contributed by atoms with E-state index in [1.165, 1.54) is 0 Å². The van der Waals surface area contributed by atoms with Gasteiger partial charge in [0.1, 0.15) is 11.6 Å². The van der Waals surface area contributed by atoms with E-state index in [2.05, 4.69) is 26.6 Å². The van der Waals surface area contributed by atoms with Gasteiger partial charge in [0, 0.05) is 10.2 Å². The molecule has 23 heavy (non-hydrogen) atoms. The Kier molecular flexibility index (Phi) is 5.44. The average Bonchev–Trinajstić information content (AvgIpc) is 2.50. The van der Waals surface area contributed by atoms with Crippen molar-refractivity contribution in [2.75, 3.05) is 11.9 Å². The van der Waals surface area contributed by atoms with E-state index in [0.29, 0.717) is 5.69 Å². The van der Waals surface area contributed by atoms with Crippen molar-refractivity contribution in [3.8, 4) is 0 Å². The molecule has 0 saturated carbocycles. The van der Waals surface area contributed by atoms with Gasteiger partial charge in [-0.15, -0.1) is 0 Å². The molecule has 0 saturated heterocycles. The first kappa shape index (κ1) is 17.1. The monoisotopic (exact) mass is 382 g/mol. The molecule has 0 spiro atoms. The standard InChI is InChI=1S/C16H13BrF2N2O2/c1-9-6-10(17)2-5-14(9)21-15(22)8-20-16(23)12-7-11(18)3-4-13(12)19/h2-7H,8H2,1H3,(H,20,23)(H,21,22). The second-order valence-electron chi connectivity index (χ2n) is 4.81. The van der Waals surface area contributed by atoms with Crippen LogP contribution in [-0.2, 0) is 4.79 Å². The van der Waals surface area contributed by atoms with E-state index in [9.17, 15) is 18.4 Å². The number of nitrogens with one attached hydrogen (secondary N) is 2. The third-order valence-corrected chi connectivity index (χ3v) is 3.54. The fraction of sp³-hybridized carbons (Fsp3) is 0.125. The lowest BCUT2D eigenvalue weighted by molar-refractivity contribution is -0.115. The van der Waals surface area contributed by atoms with Gasteiger partial charge in [-0.05, 0) is 48.9 Å². The summed E-state index contributed by atoms with van der Waals surface area (Å²) in [5.41, 5.74) is 0.997. The molecule has 4 nitrogen and oxygen atoms in total. The van der Waals surface area contributed by atoms with Crippen molar-refractivity contribution in [2.24, 2.45) is 0 Å². The fourth-order valence-corrected chi connectivity index (χ4v) is 2.36. The van der Waals surface area contributed by atoms with Crippen LogP contribution >= 0.6 is 15.9 Å². The predicted octanol–water partition coefficient (Wildman–Crippen LogP) is 3.40. The van der Waals surface area contributed by atoms with Gasteiger partial charge in [-0.2, -0.15) is 0 Å². The summed E-state index contributed by atoms with van der Waals surface area (Å²) in [4.78, 5) is 23.6. The van der Waals surface area contributed by atoms with Crippen LogP contribution in [0.2, 0.25) is 0 Å². The number of hydrogen-bond acceptors (Lipinski definition) is 2. The summed E-state index contributed by atoms with van der Waals surface area (Å²) >= 11 is 3.31. The summed E-state index contributed by atoms with van der Waals surface area (Å²) in [7, 11) is 0. The molecule has 0 atom stereocenters. The lowest BCUT2D eigenvalue weighted by Crippen LogP contribution is -2.33. The van der Waals surface area contributed by atoms with Crippen LogP contribution < -0.4 is 10.6 Å². The van der Waals surface area contributed by atoms with Gasteiger partial charge in [-0.25, -0.2) is 8.78 Å². The summed E-state index contributed by atoms with van der Waals surface area (Å²) < 4.78 is 27.4. The Balaban J connectivity index is 1.96. The SMILES string of the molecule is Cc1cc(Br)ccc1NC(=O)CNC(=O)c1cc(F)ccc1F. The van der Waals surface area contributed by atoms with Crippen LogP contribution in [0.15, 0.2) is 40.9 Å². The van der Waals surface area contributed by atoms with Crippen molar-refractivity contribution in [1.82, 2.24) is 5.32 Å². The average molecular weight is 383 g/mol. The maximum Gasteiger partial charge on any atom is 0.254 e. The zero-order chi connectivity index (χ0) is 17.0. The first-order valence-corrected chi connectivity index (χ1v) is 7.45. The van der Waals surface area contributed by atoms with Crippen LogP contribution in [0.4, 0.5) is 14.5 Å². The van der Waals surface area contributed by atoms with E-state index in [-0.39, 0.29) is 6.54 Å². The first-order valence-electron chi connectivity index (χ1n) is 6.66. The molecule has 0 aromatic heterocycles. The number of benzene rings is 2. The molecule has 0 radical (unpaired) electrons. The summed E-state index contributed by atoms with van der Waals surface area (Å²) in [6.45, 7) is 1.46. The highest BCUT2D eigenvalue weighted by Crippen LogP contribution is 2.19. The Hall–Kier alpha value is -2.28. The topological polar surface area (TPSA) is 58.2 Å². The van der Waals surface area contributed by atoms with Gasteiger partial charge < -0.3 is 10.6 Å². The molecule has 120 valence electrons. The molecule has 0 aliphatic carbocycles. The third kappa shape index (κ3) is 4.59. The molecule has 2 rings (SSSR count). The van der Waals surface area contributed by atoms with Crippen LogP contribution in [0.3, 0.4) is 0 Å². The molecule has 0 unspecified atom stereocenters. The lowest BCUT2D eigenvalue weighted by atomic mass is 10.2. The van der Waals surface area contributed by atoms with E-state index >= 15 is 0 Å². The van der Waals surface area contributed by atoms with Gasteiger partial charge in [-0.3, -0.25) is 9.59 Å². The van der Waals surface area contributed by atoms with Crippen LogP contribution in [0.25, 0.3) is 0 Å². The minimum Gasteiger partial charge on any atom is -0.343 e. The van der Waals surface area contributed by atoms with Crippen molar-refractivity contribution < 1.29 is 18.4 Å². The fourth-order valence-electron chi connectivity index (χ4n) is 1.89. The highest BCUT2D eigenvalue weighted by Gasteiger charge is 2.14. The van der Waals surface area contributed by atoms with Crippen LogP contribution in [0.1, 0.15) is 15.9 Å². The Bertz CT molecular complexity index is 766. The second-order valence-corrected chi connectivity index (χ2v) is 5.73. The smallest absolute Gasteiger partial charge is 0.254 e. The number of amides is 2. The minimum absolute atomic E-state index is 0.357. The van der Waals surface area contributed by atoms with Gasteiger partial charge in [0.05, 0.1) is 12.1 Å². The van der Waals surface area contributed by atoms with Gasteiger partial charge in [0.2, 0.25) is 5.91 Å². The van der Waals surface area contributed by atoms with Crippen LogP contribution in [-0.4, -0.2) is 18.4 Å². The Morgan fingerprint density at radius 3 is 2.57 bits per heavy atom. The second kappa shape index (κ2) is 7.32. The van der Waals surface area contributed by atoms with Gasteiger partial charge in [0.15, 0.2) is 0 Å². The summed E-state index contributed by atoms with van der Waals surface area (Å²) in [6, 6.07) is 7.86. The molecule has 0 fully saturated rings. The number of rotatable bonds is 4. The van der Waals surface area contributed by atoms with Gasteiger partial charge >= 0.3 is 0 Å².